The van der Waals surface area contributed by atoms with Crippen molar-refractivity contribution >= 4 is 11.9 Å². The smallest absolute Gasteiger partial charge is 0.305 e. The number of carbonyl (C=O) groups is 2. The van der Waals surface area contributed by atoms with Crippen molar-refractivity contribution < 1.29 is 49.3 Å². The van der Waals surface area contributed by atoms with E-state index in [0.717, 1.165) is 77.0 Å². The second kappa shape index (κ2) is 75.3. The summed E-state index contributed by atoms with van der Waals surface area (Å²) in [6.07, 6.45) is 93.9. The fraction of sp³-hybridized carbons (Fsp3) is 0.839. The molecule has 1 fully saturated rings. The summed E-state index contributed by atoms with van der Waals surface area (Å²) in [6.45, 7) is 4.31. The van der Waals surface area contributed by atoms with Gasteiger partial charge in [-0.2, -0.15) is 0 Å². The SMILES string of the molecule is CCCC/C=C/CC/C=C/CC/C=C/C(O)C(COC1OC(CO)C(O)C(O)C1O)NC(=O)CCCCCCCCCCCCCCCCCCC/C=C\C/C=C\CCCCCCCCCCCCCCCCCOC(=O)CCCCCCCCCCC/C=C\CCCCCCCC. The normalized spacial score (nSPS) is 17.6. The Kier molecular flexibility index (Phi) is 71.5. The molecule has 572 valence electrons. The zero-order valence-electron chi connectivity index (χ0n) is 64.0. The Labute approximate surface area is 604 Å². The molecule has 1 aliphatic heterocycles. The van der Waals surface area contributed by atoms with Crippen molar-refractivity contribution in [2.75, 3.05) is 19.8 Å². The van der Waals surface area contributed by atoms with Crippen LogP contribution in [-0.2, 0) is 23.8 Å². The van der Waals surface area contributed by atoms with Gasteiger partial charge in [-0.3, -0.25) is 9.59 Å². The van der Waals surface area contributed by atoms with Gasteiger partial charge in [0.2, 0.25) is 5.91 Å². The maximum Gasteiger partial charge on any atom is 0.305 e. The van der Waals surface area contributed by atoms with Crippen molar-refractivity contribution in [3.05, 3.63) is 72.9 Å². The lowest BCUT2D eigenvalue weighted by Crippen LogP contribution is -2.60. The Bertz CT molecular complexity index is 1860. The molecule has 0 aliphatic carbocycles. The largest absolute Gasteiger partial charge is 0.466 e. The van der Waals surface area contributed by atoms with Gasteiger partial charge in [0.15, 0.2) is 6.29 Å². The first-order valence-corrected chi connectivity index (χ1v) is 42.2. The summed E-state index contributed by atoms with van der Waals surface area (Å²) in [6, 6.07) is -0.833. The van der Waals surface area contributed by atoms with E-state index in [0.29, 0.717) is 19.4 Å². The van der Waals surface area contributed by atoms with Gasteiger partial charge in [-0.05, 0) is 109 Å². The molecule has 1 rings (SSSR count). The van der Waals surface area contributed by atoms with Gasteiger partial charge in [0, 0.05) is 12.8 Å². The first-order valence-electron chi connectivity index (χ1n) is 42.2. The second-order valence-electron chi connectivity index (χ2n) is 29.2. The molecule has 98 heavy (non-hydrogen) atoms. The third-order valence-corrected chi connectivity index (χ3v) is 19.7. The monoisotopic (exact) mass is 1380 g/mol. The van der Waals surface area contributed by atoms with Gasteiger partial charge in [0.05, 0.1) is 32.0 Å². The molecule has 6 N–H and O–H groups in total. The predicted octanol–water partition coefficient (Wildman–Crippen LogP) is 23.4. The summed E-state index contributed by atoms with van der Waals surface area (Å²) in [5, 5.41) is 54.5. The number of hydrogen-bond donors (Lipinski definition) is 6. The maximum absolute atomic E-state index is 13.1. The standard InChI is InChI=1S/C87H159NO10/c1-3-5-7-9-11-13-15-17-18-19-41-45-48-51-55-59-63-67-71-75-83(92)96-76-72-68-64-60-56-52-49-46-43-40-38-36-34-32-30-28-26-24-22-20-21-23-25-27-29-31-33-35-37-39-42-44-47-50-54-58-62-66-70-74-82(91)88-79(78-97-87-86(95)85(94)84(93)81(77-89)98-87)80(90)73-69-65-61-57-53-16-14-12-10-8-6-4-2/h10,12,17-18,20-21,24,26,53,57,69,73,79-81,84-87,89-90,93-95H,3-9,11,13-16,19,22-23,25,27-52,54-56,58-68,70-72,74-78H2,1-2H3,(H,88,91)/b12-10+,18-17-,21-20-,26-24-,57-53+,73-69+. The van der Waals surface area contributed by atoms with Crippen molar-refractivity contribution in [2.24, 2.45) is 0 Å². The quantitative estimate of drug-likeness (QED) is 0.0195. The predicted molar refractivity (Wildman–Crippen MR) is 416 cm³/mol. The van der Waals surface area contributed by atoms with Crippen molar-refractivity contribution in [1.29, 1.82) is 0 Å². The molecule has 11 nitrogen and oxygen atoms in total. The van der Waals surface area contributed by atoms with Gasteiger partial charge in [-0.25, -0.2) is 0 Å². The first kappa shape index (κ1) is 93.1. The molecule has 0 aromatic heterocycles. The summed E-state index contributed by atoms with van der Waals surface area (Å²) in [5.41, 5.74) is 0. The van der Waals surface area contributed by atoms with E-state index in [2.05, 4.69) is 79.9 Å². The van der Waals surface area contributed by atoms with Crippen LogP contribution >= 0.6 is 0 Å². The number of aliphatic hydroxyl groups excluding tert-OH is 5. The highest BCUT2D eigenvalue weighted by Gasteiger charge is 2.44. The number of carbonyl (C=O) groups excluding carboxylic acids is 2. The van der Waals surface area contributed by atoms with Crippen LogP contribution in [0.15, 0.2) is 72.9 Å². The van der Waals surface area contributed by atoms with Crippen molar-refractivity contribution in [2.45, 2.75) is 448 Å². The zero-order valence-corrected chi connectivity index (χ0v) is 64.0. The van der Waals surface area contributed by atoms with Crippen LogP contribution in [0.2, 0.25) is 0 Å². The van der Waals surface area contributed by atoms with Crippen LogP contribution in [0.3, 0.4) is 0 Å². The number of aliphatic hydroxyl groups is 5. The van der Waals surface area contributed by atoms with Crippen molar-refractivity contribution in [3.63, 3.8) is 0 Å². The lowest BCUT2D eigenvalue weighted by molar-refractivity contribution is -0.302. The molecule has 0 saturated carbocycles. The average Bonchev–Trinajstić information content (AvgIpc) is 0.824. The van der Waals surface area contributed by atoms with E-state index < -0.39 is 49.5 Å². The molecule has 0 aromatic carbocycles. The summed E-state index contributed by atoms with van der Waals surface area (Å²) in [4.78, 5) is 25.2. The number of nitrogens with one attached hydrogen (secondary N) is 1. The van der Waals surface area contributed by atoms with Crippen LogP contribution < -0.4 is 5.32 Å². The number of ether oxygens (including phenoxy) is 3. The van der Waals surface area contributed by atoms with E-state index >= 15 is 0 Å². The molecule has 7 unspecified atom stereocenters. The van der Waals surface area contributed by atoms with E-state index in [4.69, 9.17) is 14.2 Å². The summed E-state index contributed by atoms with van der Waals surface area (Å²) < 4.78 is 16.8. The van der Waals surface area contributed by atoms with Crippen LogP contribution in [-0.4, -0.2) is 100 Å². The fourth-order valence-corrected chi connectivity index (χ4v) is 13.1. The van der Waals surface area contributed by atoms with Gasteiger partial charge in [0.1, 0.15) is 24.4 Å². The van der Waals surface area contributed by atoms with Crippen LogP contribution in [0.25, 0.3) is 0 Å². The minimum Gasteiger partial charge on any atom is -0.466 e. The summed E-state index contributed by atoms with van der Waals surface area (Å²) >= 11 is 0. The number of allylic oxidation sites excluding steroid dienone is 11. The molecule has 7 atom stereocenters. The van der Waals surface area contributed by atoms with Crippen LogP contribution in [0.1, 0.15) is 406 Å². The van der Waals surface area contributed by atoms with Crippen molar-refractivity contribution in [1.82, 2.24) is 5.32 Å². The fourth-order valence-electron chi connectivity index (χ4n) is 13.1. The molecule has 0 spiro atoms. The lowest BCUT2D eigenvalue weighted by atomic mass is 9.99. The highest BCUT2D eigenvalue weighted by molar-refractivity contribution is 5.76. The number of amides is 1. The number of esters is 1. The van der Waals surface area contributed by atoms with Gasteiger partial charge in [0.25, 0.3) is 0 Å². The van der Waals surface area contributed by atoms with E-state index in [1.165, 1.54) is 302 Å². The third kappa shape index (κ3) is 62.8. The van der Waals surface area contributed by atoms with E-state index in [1.54, 1.807) is 6.08 Å². The molecule has 0 radical (unpaired) electrons. The zero-order chi connectivity index (χ0) is 70.8. The maximum atomic E-state index is 13.1. The Balaban J connectivity index is 1.88. The number of hydrogen-bond acceptors (Lipinski definition) is 10. The summed E-state index contributed by atoms with van der Waals surface area (Å²) in [7, 11) is 0. The minimum absolute atomic E-state index is 0.0142. The molecular weight excluding hydrogens is 1220 g/mol. The molecule has 1 saturated heterocycles. The number of unbranched alkanes of at least 4 members (excludes halogenated alkanes) is 51. The van der Waals surface area contributed by atoms with E-state index in [9.17, 15) is 35.1 Å². The lowest BCUT2D eigenvalue weighted by Gasteiger charge is -2.40. The second-order valence-corrected chi connectivity index (χ2v) is 29.2. The van der Waals surface area contributed by atoms with Crippen LogP contribution in [0.4, 0.5) is 0 Å². The average molecular weight is 1380 g/mol. The molecule has 0 aromatic rings. The topological polar surface area (TPSA) is 175 Å². The first-order chi connectivity index (χ1) is 48.2. The highest BCUT2D eigenvalue weighted by atomic mass is 16.7. The number of rotatable bonds is 75. The Morgan fingerprint density at radius 3 is 1.10 bits per heavy atom. The molecule has 1 aliphatic rings. The highest BCUT2D eigenvalue weighted by Crippen LogP contribution is 2.24. The van der Waals surface area contributed by atoms with Crippen LogP contribution in [0.5, 0.6) is 0 Å². The molecular formula is C87H159NO10. The Morgan fingerprint density at radius 1 is 0.378 bits per heavy atom. The van der Waals surface area contributed by atoms with Crippen LogP contribution in [0, 0.1) is 0 Å². The van der Waals surface area contributed by atoms with Crippen molar-refractivity contribution in [3.8, 4) is 0 Å². The molecule has 1 amide bonds. The molecule has 11 heteroatoms. The van der Waals surface area contributed by atoms with E-state index in [-0.39, 0.29) is 18.5 Å². The summed E-state index contributed by atoms with van der Waals surface area (Å²) in [5.74, 6) is -0.179. The van der Waals surface area contributed by atoms with Gasteiger partial charge >= 0.3 is 5.97 Å². The Morgan fingerprint density at radius 2 is 0.704 bits per heavy atom. The third-order valence-electron chi connectivity index (χ3n) is 19.7. The Hall–Kier alpha value is -2.90. The van der Waals surface area contributed by atoms with E-state index in [1.807, 2.05) is 6.08 Å². The molecule has 0 bridgehead atoms. The molecule has 1 heterocycles. The minimum atomic E-state index is -1.58. The van der Waals surface area contributed by atoms with Gasteiger partial charge in [-0.1, -0.05) is 356 Å². The van der Waals surface area contributed by atoms with Gasteiger partial charge < -0.3 is 45.1 Å². The van der Waals surface area contributed by atoms with Gasteiger partial charge in [-0.15, -0.1) is 0 Å².